The van der Waals surface area contributed by atoms with E-state index in [-0.39, 0.29) is 15.8 Å². The second-order valence-electron chi connectivity index (χ2n) is 10.3. The number of halogens is 2. The summed E-state index contributed by atoms with van der Waals surface area (Å²) in [6.07, 6.45) is 12.2. The van der Waals surface area contributed by atoms with Gasteiger partial charge in [-0.25, -0.2) is 9.08 Å². The van der Waals surface area contributed by atoms with Gasteiger partial charge in [0.15, 0.2) is 0 Å². The quantitative estimate of drug-likeness (QED) is 0.0923. The van der Waals surface area contributed by atoms with E-state index in [1.54, 1.807) is 0 Å². The summed E-state index contributed by atoms with van der Waals surface area (Å²) in [7, 11) is -4.42. The number of nitrogens with one attached hydrogen (secondary N) is 1. The van der Waals surface area contributed by atoms with Crippen LogP contribution < -0.4 is 14.2 Å². The molecule has 1 heterocycles. The Morgan fingerprint density at radius 2 is 1.60 bits per heavy atom. The maximum absolute atomic E-state index is 12.5. The molecule has 0 bridgehead atoms. The van der Waals surface area contributed by atoms with Crippen molar-refractivity contribution < 1.29 is 31.2 Å². The van der Waals surface area contributed by atoms with Crippen LogP contribution in [-0.2, 0) is 25.0 Å². The van der Waals surface area contributed by atoms with Gasteiger partial charge in [-0.2, -0.15) is 0 Å². The zero-order valence-electron chi connectivity index (χ0n) is 24.2. The topological polar surface area (TPSA) is 113 Å². The predicted octanol–water partition coefficient (Wildman–Crippen LogP) is 9.18. The summed E-state index contributed by atoms with van der Waals surface area (Å²) in [6, 6.07) is 9.68. The standard InChI is InChI=1S/C30H40Cl2N2O7S/c1-3-5-7-9-17-30(18-10-8-6-4-2)25-21-23(14-16-28(25)34-29(35)39-30)38-20-12-11-19-33-41-42(36,37)40-24-13-15-26(31)27(32)22-24/h13-16,19,21-22H,3-12,17-18,20H2,1-2H3,(H,34,35). The van der Waals surface area contributed by atoms with Gasteiger partial charge in [-0.15, -0.1) is 8.42 Å². The van der Waals surface area contributed by atoms with Crippen molar-refractivity contribution >= 4 is 51.6 Å². The van der Waals surface area contributed by atoms with Gasteiger partial charge < -0.3 is 13.7 Å². The number of carbonyl (C=O) groups excluding carboxylic acids is 1. The van der Waals surface area contributed by atoms with E-state index in [1.807, 2.05) is 18.2 Å². The molecule has 1 aliphatic heterocycles. The number of anilines is 1. The normalized spacial score (nSPS) is 14.2. The van der Waals surface area contributed by atoms with Crippen LogP contribution in [0.25, 0.3) is 0 Å². The molecule has 1 aliphatic rings. The van der Waals surface area contributed by atoms with Crippen LogP contribution in [0.15, 0.2) is 41.6 Å². The highest BCUT2D eigenvalue weighted by Gasteiger charge is 2.41. The van der Waals surface area contributed by atoms with Gasteiger partial charge in [0.2, 0.25) is 0 Å². The van der Waals surface area contributed by atoms with Crippen LogP contribution in [0, 0.1) is 0 Å². The van der Waals surface area contributed by atoms with E-state index in [2.05, 4.69) is 28.6 Å². The van der Waals surface area contributed by atoms with Crippen LogP contribution in [0.2, 0.25) is 10.0 Å². The third kappa shape index (κ3) is 10.5. The summed E-state index contributed by atoms with van der Waals surface area (Å²) in [4.78, 5) is 12.5. The van der Waals surface area contributed by atoms with Crippen molar-refractivity contribution in [2.75, 3.05) is 11.9 Å². The number of amides is 1. The van der Waals surface area contributed by atoms with Crippen molar-refractivity contribution in [1.29, 1.82) is 0 Å². The van der Waals surface area contributed by atoms with Gasteiger partial charge in [0, 0.05) is 17.8 Å². The van der Waals surface area contributed by atoms with E-state index in [0.29, 0.717) is 25.2 Å². The molecule has 0 aromatic heterocycles. The molecular weight excluding hydrogens is 603 g/mol. The second kappa shape index (κ2) is 16.8. The molecule has 0 saturated carbocycles. The predicted molar refractivity (Wildman–Crippen MR) is 166 cm³/mol. The summed E-state index contributed by atoms with van der Waals surface area (Å²) in [5.74, 6) is 0.625. The fourth-order valence-corrected chi connectivity index (χ4v) is 5.62. The molecule has 0 saturated heterocycles. The number of oxime groups is 1. The number of carbonyl (C=O) groups is 1. The second-order valence-corrected chi connectivity index (χ2v) is 12.2. The molecule has 3 rings (SSSR count). The summed E-state index contributed by atoms with van der Waals surface area (Å²) >= 11 is 11.7. The zero-order valence-corrected chi connectivity index (χ0v) is 26.5. The average molecular weight is 644 g/mol. The number of fused-ring (bicyclic) bond motifs is 1. The van der Waals surface area contributed by atoms with Gasteiger partial charge in [0.05, 0.1) is 22.3 Å². The Labute approximate surface area is 259 Å². The molecule has 1 N–H and O–H groups in total. The minimum atomic E-state index is -4.42. The summed E-state index contributed by atoms with van der Waals surface area (Å²) in [5.41, 5.74) is 1.04. The smallest absolute Gasteiger partial charge is 0.494 e. The summed E-state index contributed by atoms with van der Waals surface area (Å²) < 4.78 is 45.3. The highest BCUT2D eigenvalue weighted by molar-refractivity contribution is 7.82. The number of unbranched alkanes of at least 4 members (excludes halogenated alkanes) is 7. The first-order chi connectivity index (χ1) is 20.2. The number of cyclic esters (lactones) is 1. The average Bonchev–Trinajstić information content (AvgIpc) is 2.95. The Morgan fingerprint density at radius 3 is 2.26 bits per heavy atom. The van der Waals surface area contributed by atoms with Crippen molar-refractivity contribution in [3.05, 3.63) is 52.0 Å². The first kappa shape index (κ1) is 33.8. The third-order valence-electron chi connectivity index (χ3n) is 6.92. The highest BCUT2D eigenvalue weighted by atomic mass is 35.5. The molecular formula is C30H40Cl2N2O7S. The Bertz CT molecular complexity index is 1290. The van der Waals surface area contributed by atoms with E-state index in [1.165, 1.54) is 24.4 Å². The molecule has 9 nitrogen and oxygen atoms in total. The lowest BCUT2D eigenvalue weighted by atomic mass is 9.81. The van der Waals surface area contributed by atoms with Gasteiger partial charge >= 0.3 is 16.5 Å². The van der Waals surface area contributed by atoms with Gasteiger partial charge in [0.1, 0.15) is 17.1 Å². The van der Waals surface area contributed by atoms with Crippen LogP contribution >= 0.6 is 23.2 Å². The molecule has 0 atom stereocenters. The van der Waals surface area contributed by atoms with Crippen molar-refractivity contribution in [2.45, 2.75) is 96.5 Å². The molecule has 0 aliphatic carbocycles. The van der Waals surface area contributed by atoms with Crippen LogP contribution in [0.4, 0.5) is 10.5 Å². The number of hydrogen-bond donors (Lipinski definition) is 1. The molecule has 0 fully saturated rings. The number of rotatable bonds is 19. The van der Waals surface area contributed by atoms with E-state index in [9.17, 15) is 13.2 Å². The lowest BCUT2D eigenvalue weighted by molar-refractivity contribution is -0.00703. The summed E-state index contributed by atoms with van der Waals surface area (Å²) in [5, 5.41) is 6.74. The molecule has 0 spiro atoms. The molecule has 42 heavy (non-hydrogen) atoms. The maximum atomic E-state index is 12.5. The molecule has 0 unspecified atom stereocenters. The molecule has 12 heteroatoms. The molecule has 1 amide bonds. The fraction of sp³-hybridized carbons (Fsp3) is 0.533. The molecule has 232 valence electrons. The van der Waals surface area contributed by atoms with Crippen molar-refractivity contribution in [2.24, 2.45) is 5.16 Å². The Hall–Kier alpha value is -2.69. The fourth-order valence-electron chi connectivity index (χ4n) is 4.80. The number of nitrogens with zero attached hydrogens (tertiary/aromatic N) is 1. The first-order valence-corrected chi connectivity index (χ1v) is 16.6. The minimum absolute atomic E-state index is 0.0473. The van der Waals surface area contributed by atoms with E-state index in [4.69, 9.17) is 36.9 Å². The van der Waals surface area contributed by atoms with Crippen LogP contribution in [0.1, 0.15) is 96.5 Å². The van der Waals surface area contributed by atoms with Crippen LogP contribution in [-0.4, -0.2) is 27.3 Å². The number of benzene rings is 2. The SMILES string of the molecule is CCCCCCC1(CCCCCC)OC(=O)Nc2ccc(OCCCC=NOS(=O)(=O)Oc3ccc(Cl)c(Cl)c3)cc21. The van der Waals surface area contributed by atoms with E-state index >= 15 is 0 Å². The largest absolute Gasteiger partial charge is 0.521 e. The summed E-state index contributed by atoms with van der Waals surface area (Å²) in [6.45, 7) is 4.72. The van der Waals surface area contributed by atoms with Gasteiger partial charge in [-0.3, -0.25) is 5.32 Å². The maximum Gasteiger partial charge on any atom is 0.521 e. The van der Waals surface area contributed by atoms with E-state index < -0.39 is 22.1 Å². The Balaban J connectivity index is 1.55. The van der Waals surface area contributed by atoms with Crippen molar-refractivity contribution in [1.82, 2.24) is 0 Å². The number of hydrogen-bond acceptors (Lipinski definition) is 8. The van der Waals surface area contributed by atoms with Gasteiger partial charge in [0.25, 0.3) is 0 Å². The highest BCUT2D eigenvalue weighted by Crippen LogP contribution is 2.45. The molecule has 2 aromatic carbocycles. The molecule has 2 aromatic rings. The van der Waals surface area contributed by atoms with Crippen molar-refractivity contribution in [3.8, 4) is 11.5 Å². The lowest BCUT2D eigenvalue weighted by Crippen LogP contribution is -2.39. The zero-order chi connectivity index (χ0) is 30.4. The van der Waals surface area contributed by atoms with E-state index in [0.717, 1.165) is 75.5 Å². The van der Waals surface area contributed by atoms with Crippen LogP contribution in [0.5, 0.6) is 11.5 Å². The Morgan fingerprint density at radius 1 is 0.905 bits per heavy atom. The third-order valence-corrected chi connectivity index (χ3v) is 8.32. The minimum Gasteiger partial charge on any atom is -0.494 e. The van der Waals surface area contributed by atoms with Crippen LogP contribution in [0.3, 0.4) is 0 Å². The van der Waals surface area contributed by atoms with Gasteiger partial charge in [-0.1, -0.05) is 80.7 Å². The lowest BCUT2D eigenvalue weighted by Gasteiger charge is -2.39. The monoisotopic (exact) mass is 642 g/mol. The number of ether oxygens (including phenoxy) is 2. The molecule has 0 radical (unpaired) electrons. The first-order valence-electron chi connectivity index (χ1n) is 14.6. The van der Waals surface area contributed by atoms with Crippen molar-refractivity contribution in [3.63, 3.8) is 0 Å². The Kier molecular flexibility index (Phi) is 13.5. The van der Waals surface area contributed by atoms with Gasteiger partial charge in [-0.05, 0) is 68.9 Å².